The zero-order chi connectivity index (χ0) is 12.5. The molecule has 0 aliphatic carbocycles. The van der Waals surface area contributed by atoms with Crippen LogP contribution in [0.4, 0.5) is 0 Å². The molecular weight excluding hydrogens is 196 g/mol. The lowest BCUT2D eigenvalue weighted by atomic mass is 9.84. The van der Waals surface area contributed by atoms with Gasteiger partial charge in [0.1, 0.15) is 0 Å². The Morgan fingerprint density at radius 2 is 1.69 bits per heavy atom. The van der Waals surface area contributed by atoms with Crippen LogP contribution >= 0.6 is 0 Å². The average molecular weight is 220 g/mol. The van der Waals surface area contributed by atoms with Gasteiger partial charge in [0.2, 0.25) is 0 Å². The van der Waals surface area contributed by atoms with E-state index in [0.717, 1.165) is 5.56 Å². The second kappa shape index (κ2) is 4.56. The summed E-state index contributed by atoms with van der Waals surface area (Å²) in [6.45, 7) is 10.7. The van der Waals surface area contributed by atoms with Gasteiger partial charge in [0.25, 0.3) is 0 Å². The molecule has 0 aromatic heterocycles. The van der Waals surface area contributed by atoms with Gasteiger partial charge in [-0.3, -0.25) is 0 Å². The number of benzene rings is 1. The zero-order valence-corrected chi connectivity index (χ0v) is 11.0. The second-order valence-electron chi connectivity index (χ2n) is 5.71. The van der Waals surface area contributed by atoms with Crippen molar-refractivity contribution in [2.24, 2.45) is 11.5 Å². The third kappa shape index (κ3) is 2.83. The molecule has 0 heterocycles. The van der Waals surface area contributed by atoms with Gasteiger partial charge in [0.15, 0.2) is 0 Å². The van der Waals surface area contributed by atoms with E-state index < -0.39 is 0 Å². The van der Waals surface area contributed by atoms with Crippen molar-refractivity contribution in [1.29, 1.82) is 0 Å². The lowest BCUT2D eigenvalue weighted by Gasteiger charge is -2.23. The van der Waals surface area contributed by atoms with Crippen LogP contribution in [-0.4, -0.2) is 6.04 Å². The molecule has 0 radical (unpaired) electrons. The summed E-state index contributed by atoms with van der Waals surface area (Å²) < 4.78 is 0. The summed E-state index contributed by atoms with van der Waals surface area (Å²) in [5.41, 5.74) is 15.8. The van der Waals surface area contributed by atoms with Crippen molar-refractivity contribution in [2.45, 2.75) is 52.1 Å². The monoisotopic (exact) mass is 220 g/mol. The molecule has 0 bridgehead atoms. The molecule has 4 N–H and O–H groups in total. The smallest absolute Gasteiger partial charge is 0.0448 e. The normalized spacial score (nSPS) is 15.9. The summed E-state index contributed by atoms with van der Waals surface area (Å²) in [6.07, 6.45) is 0. The van der Waals surface area contributed by atoms with Gasteiger partial charge in [-0.05, 0) is 36.0 Å². The molecule has 1 aromatic carbocycles. The standard InChI is InChI=1S/C14H24N2/c1-9-8-11(14(3,4)5)6-7-12(9)13(16)10(2)15/h6-8,10,13H,15-16H2,1-5H3. The second-order valence-corrected chi connectivity index (χ2v) is 5.71. The van der Waals surface area contributed by atoms with Gasteiger partial charge in [-0.2, -0.15) is 0 Å². The van der Waals surface area contributed by atoms with Crippen LogP contribution in [0.15, 0.2) is 18.2 Å². The molecule has 1 aromatic rings. The number of rotatable bonds is 2. The highest BCUT2D eigenvalue weighted by Crippen LogP contribution is 2.26. The first kappa shape index (κ1) is 13.2. The van der Waals surface area contributed by atoms with Crippen molar-refractivity contribution in [3.8, 4) is 0 Å². The Labute approximate surface area is 99.0 Å². The van der Waals surface area contributed by atoms with Gasteiger partial charge in [-0.15, -0.1) is 0 Å². The molecule has 0 fully saturated rings. The summed E-state index contributed by atoms with van der Waals surface area (Å²) >= 11 is 0. The summed E-state index contributed by atoms with van der Waals surface area (Å²) in [7, 11) is 0. The van der Waals surface area contributed by atoms with Gasteiger partial charge >= 0.3 is 0 Å². The molecule has 0 saturated carbocycles. The predicted molar refractivity (Wildman–Crippen MR) is 70.5 cm³/mol. The van der Waals surface area contributed by atoms with Crippen LogP contribution in [0.3, 0.4) is 0 Å². The van der Waals surface area contributed by atoms with E-state index in [9.17, 15) is 0 Å². The van der Waals surface area contributed by atoms with E-state index in [1.165, 1.54) is 11.1 Å². The van der Waals surface area contributed by atoms with E-state index >= 15 is 0 Å². The minimum Gasteiger partial charge on any atom is -0.326 e. The highest BCUT2D eigenvalue weighted by molar-refractivity contribution is 5.36. The van der Waals surface area contributed by atoms with E-state index in [4.69, 9.17) is 11.5 Å². The Morgan fingerprint density at radius 3 is 2.06 bits per heavy atom. The first-order valence-electron chi connectivity index (χ1n) is 5.85. The van der Waals surface area contributed by atoms with Crippen molar-refractivity contribution in [1.82, 2.24) is 0 Å². The molecule has 2 atom stereocenters. The molecule has 16 heavy (non-hydrogen) atoms. The highest BCUT2D eigenvalue weighted by atomic mass is 14.8. The summed E-state index contributed by atoms with van der Waals surface area (Å²) in [6, 6.07) is 6.40. The topological polar surface area (TPSA) is 52.0 Å². The number of aryl methyl sites for hydroxylation is 1. The molecule has 0 aliphatic heterocycles. The van der Waals surface area contributed by atoms with Gasteiger partial charge in [-0.25, -0.2) is 0 Å². The lowest BCUT2D eigenvalue weighted by molar-refractivity contribution is 0.576. The van der Waals surface area contributed by atoms with E-state index in [-0.39, 0.29) is 17.5 Å². The fraction of sp³-hybridized carbons (Fsp3) is 0.571. The van der Waals surface area contributed by atoms with E-state index in [1.54, 1.807) is 0 Å². The maximum Gasteiger partial charge on any atom is 0.0448 e. The van der Waals surface area contributed by atoms with Gasteiger partial charge in [0.05, 0.1) is 0 Å². The third-order valence-electron chi connectivity index (χ3n) is 3.06. The van der Waals surface area contributed by atoms with E-state index in [0.29, 0.717) is 0 Å². The van der Waals surface area contributed by atoms with Crippen molar-refractivity contribution in [3.63, 3.8) is 0 Å². The average Bonchev–Trinajstić information content (AvgIpc) is 2.15. The van der Waals surface area contributed by atoms with Crippen LogP contribution in [0.1, 0.15) is 50.4 Å². The summed E-state index contributed by atoms with van der Waals surface area (Å²) in [5, 5.41) is 0. The van der Waals surface area contributed by atoms with Crippen LogP contribution in [0.25, 0.3) is 0 Å². The zero-order valence-electron chi connectivity index (χ0n) is 11.0. The molecule has 0 spiro atoms. The maximum absolute atomic E-state index is 6.07. The lowest BCUT2D eigenvalue weighted by Crippen LogP contribution is -2.31. The Kier molecular flexibility index (Phi) is 3.76. The molecule has 2 unspecified atom stereocenters. The van der Waals surface area contributed by atoms with Gasteiger partial charge in [-0.1, -0.05) is 39.0 Å². The molecule has 0 aliphatic rings. The van der Waals surface area contributed by atoms with Gasteiger partial charge in [0, 0.05) is 12.1 Å². The largest absolute Gasteiger partial charge is 0.326 e. The molecule has 0 saturated heterocycles. The Hall–Kier alpha value is -0.860. The van der Waals surface area contributed by atoms with Crippen molar-refractivity contribution in [3.05, 3.63) is 34.9 Å². The minimum atomic E-state index is -0.0750. The Balaban J connectivity index is 3.10. The van der Waals surface area contributed by atoms with E-state index in [1.807, 2.05) is 6.92 Å². The van der Waals surface area contributed by atoms with Crippen LogP contribution in [0.2, 0.25) is 0 Å². The van der Waals surface area contributed by atoms with Gasteiger partial charge < -0.3 is 11.5 Å². The van der Waals surface area contributed by atoms with Crippen LogP contribution in [0, 0.1) is 6.92 Å². The van der Waals surface area contributed by atoms with Crippen molar-refractivity contribution < 1.29 is 0 Å². The van der Waals surface area contributed by atoms with Crippen molar-refractivity contribution >= 4 is 0 Å². The predicted octanol–water partition coefficient (Wildman–Crippen LogP) is 2.64. The van der Waals surface area contributed by atoms with E-state index in [2.05, 4.69) is 45.9 Å². The quantitative estimate of drug-likeness (QED) is 0.805. The SMILES string of the molecule is Cc1cc(C(C)(C)C)ccc1C(N)C(C)N. The van der Waals surface area contributed by atoms with Crippen LogP contribution < -0.4 is 11.5 Å². The highest BCUT2D eigenvalue weighted by Gasteiger charge is 2.17. The maximum atomic E-state index is 6.07. The molecule has 2 nitrogen and oxygen atoms in total. The Morgan fingerprint density at radius 1 is 1.12 bits per heavy atom. The van der Waals surface area contributed by atoms with Crippen LogP contribution in [0.5, 0.6) is 0 Å². The first-order valence-corrected chi connectivity index (χ1v) is 5.85. The molecule has 2 heteroatoms. The molecule has 90 valence electrons. The number of hydrogen-bond donors (Lipinski definition) is 2. The minimum absolute atomic E-state index is 0.0146. The van der Waals surface area contributed by atoms with Crippen LogP contribution in [-0.2, 0) is 5.41 Å². The van der Waals surface area contributed by atoms with Crippen molar-refractivity contribution in [2.75, 3.05) is 0 Å². The molecule has 1 rings (SSSR count). The fourth-order valence-corrected chi connectivity index (χ4v) is 1.80. The summed E-state index contributed by atoms with van der Waals surface area (Å²) in [4.78, 5) is 0. The number of hydrogen-bond acceptors (Lipinski definition) is 2. The fourth-order valence-electron chi connectivity index (χ4n) is 1.80. The summed E-state index contributed by atoms with van der Waals surface area (Å²) in [5.74, 6) is 0. The Bertz CT molecular complexity index is 361. The number of nitrogens with two attached hydrogens (primary N) is 2. The molecular formula is C14H24N2. The third-order valence-corrected chi connectivity index (χ3v) is 3.06. The molecule has 0 amide bonds. The first-order chi connectivity index (χ1) is 7.23.